The van der Waals surface area contributed by atoms with Crippen LogP contribution in [-0.4, -0.2) is 24.7 Å². The quantitative estimate of drug-likeness (QED) is 0.572. The van der Waals surface area contributed by atoms with Gasteiger partial charge in [-0.25, -0.2) is 0 Å². The maximum atomic E-state index is 11.0. The van der Waals surface area contributed by atoms with Gasteiger partial charge in [-0.15, -0.1) is 0 Å². The van der Waals surface area contributed by atoms with Crippen molar-refractivity contribution in [2.24, 2.45) is 0 Å². The second-order valence-corrected chi connectivity index (χ2v) is 3.91. The fraction of sp³-hybridized carbons (Fsp3) is 0.200. The Hall–Kier alpha value is -1.37. The molecule has 0 saturated heterocycles. The molecule has 17 heavy (non-hydrogen) atoms. The minimum absolute atomic E-state index is 0.0312. The first-order chi connectivity index (χ1) is 8.11. The summed E-state index contributed by atoms with van der Waals surface area (Å²) in [5, 5.41) is 3.79. The van der Waals surface area contributed by atoms with Crippen molar-refractivity contribution in [1.82, 2.24) is 10.9 Å². The van der Waals surface area contributed by atoms with E-state index in [4.69, 9.17) is 23.8 Å². The monoisotopic (exact) mass is 273 g/mol. The Morgan fingerprint density at radius 2 is 2.00 bits per heavy atom. The average Bonchev–Trinajstić information content (AvgIpc) is 2.30. The largest absolute Gasteiger partial charge is 0.375 e. The molecule has 0 heterocycles. The van der Waals surface area contributed by atoms with Crippen molar-refractivity contribution < 1.29 is 9.53 Å². The number of nitrogens with one attached hydrogen (secondary N) is 3. The van der Waals surface area contributed by atoms with E-state index >= 15 is 0 Å². The van der Waals surface area contributed by atoms with Crippen LogP contribution in [0.5, 0.6) is 0 Å². The van der Waals surface area contributed by atoms with E-state index in [1.54, 1.807) is 24.3 Å². The van der Waals surface area contributed by atoms with Crippen LogP contribution in [0.3, 0.4) is 0 Å². The van der Waals surface area contributed by atoms with Crippen LogP contribution in [0, 0.1) is 0 Å². The van der Waals surface area contributed by atoms with Crippen LogP contribution in [-0.2, 0) is 9.53 Å². The molecular weight excluding hydrogens is 262 g/mol. The highest BCUT2D eigenvalue weighted by molar-refractivity contribution is 7.80. The summed E-state index contributed by atoms with van der Waals surface area (Å²) in [6.07, 6.45) is 0. The maximum Gasteiger partial charge on any atom is 0.264 e. The van der Waals surface area contributed by atoms with Crippen LogP contribution in [0.25, 0.3) is 0 Å². The Balaban J connectivity index is 2.34. The molecule has 1 aromatic carbocycles. The molecule has 0 aliphatic heterocycles. The molecule has 92 valence electrons. The van der Waals surface area contributed by atoms with Crippen LogP contribution < -0.4 is 16.2 Å². The summed E-state index contributed by atoms with van der Waals surface area (Å²) in [5.41, 5.74) is 5.68. The Labute approximate surface area is 109 Å². The smallest absolute Gasteiger partial charge is 0.264 e. The lowest BCUT2D eigenvalue weighted by Crippen LogP contribution is -2.45. The van der Waals surface area contributed by atoms with Gasteiger partial charge in [0.15, 0.2) is 5.11 Å². The zero-order chi connectivity index (χ0) is 12.7. The molecule has 0 aromatic heterocycles. The molecule has 0 fully saturated rings. The molecule has 1 aromatic rings. The highest BCUT2D eigenvalue weighted by Gasteiger charge is 2.01. The Bertz CT molecular complexity index is 397. The lowest BCUT2D eigenvalue weighted by atomic mass is 10.3. The topological polar surface area (TPSA) is 62.4 Å². The average molecular weight is 274 g/mol. The third kappa shape index (κ3) is 5.48. The molecule has 0 spiro atoms. The van der Waals surface area contributed by atoms with Crippen LogP contribution in [0.1, 0.15) is 0 Å². The van der Waals surface area contributed by atoms with E-state index in [-0.39, 0.29) is 17.6 Å². The van der Waals surface area contributed by atoms with Gasteiger partial charge in [-0.1, -0.05) is 11.6 Å². The molecule has 0 aliphatic rings. The van der Waals surface area contributed by atoms with Gasteiger partial charge >= 0.3 is 0 Å². The number of hydrazine groups is 1. The number of carbonyl (C=O) groups excluding carboxylic acids is 1. The molecule has 3 N–H and O–H groups in total. The molecule has 1 amide bonds. The van der Waals surface area contributed by atoms with Crippen LogP contribution in [0.2, 0.25) is 5.02 Å². The number of hydrogen-bond acceptors (Lipinski definition) is 3. The first kappa shape index (κ1) is 13.7. The van der Waals surface area contributed by atoms with Crippen molar-refractivity contribution in [3.63, 3.8) is 0 Å². The fourth-order valence-electron chi connectivity index (χ4n) is 0.989. The molecule has 0 saturated carbocycles. The molecule has 0 atom stereocenters. The van der Waals surface area contributed by atoms with Gasteiger partial charge in [0, 0.05) is 17.8 Å². The van der Waals surface area contributed by atoms with Gasteiger partial charge in [-0.3, -0.25) is 15.6 Å². The first-order valence-corrected chi connectivity index (χ1v) is 5.51. The molecule has 1 rings (SSSR count). The van der Waals surface area contributed by atoms with E-state index < -0.39 is 0 Å². The summed E-state index contributed by atoms with van der Waals surface area (Å²) >= 11 is 10.7. The zero-order valence-corrected chi connectivity index (χ0v) is 10.7. The predicted octanol–water partition coefficient (Wildman–Crippen LogP) is 1.30. The number of hydrogen-bond donors (Lipinski definition) is 3. The molecule has 0 aliphatic carbocycles. The Morgan fingerprint density at radius 3 is 2.59 bits per heavy atom. The highest BCUT2D eigenvalue weighted by atomic mass is 35.5. The molecular formula is C10H12ClN3O2S. The summed E-state index contributed by atoms with van der Waals surface area (Å²) in [6.45, 7) is -0.0312. The third-order valence-electron chi connectivity index (χ3n) is 1.69. The van der Waals surface area contributed by atoms with Gasteiger partial charge in [-0.2, -0.15) is 0 Å². The molecule has 5 nitrogen and oxygen atoms in total. The zero-order valence-electron chi connectivity index (χ0n) is 9.12. The summed E-state index contributed by atoms with van der Waals surface area (Å²) in [7, 11) is 1.43. The number of halogens is 1. The summed E-state index contributed by atoms with van der Waals surface area (Å²) in [4.78, 5) is 11.0. The van der Waals surface area contributed by atoms with Crippen molar-refractivity contribution in [2.75, 3.05) is 19.0 Å². The van der Waals surface area contributed by atoms with E-state index in [0.717, 1.165) is 5.69 Å². The van der Waals surface area contributed by atoms with Crippen LogP contribution in [0.15, 0.2) is 24.3 Å². The van der Waals surface area contributed by atoms with Gasteiger partial charge in [-0.05, 0) is 36.5 Å². The lowest BCUT2D eigenvalue weighted by Gasteiger charge is -2.11. The number of ether oxygens (including phenoxy) is 1. The highest BCUT2D eigenvalue weighted by Crippen LogP contribution is 2.12. The van der Waals surface area contributed by atoms with E-state index in [1.165, 1.54) is 7.11 Å². The minimum Gasteiger partial charge on any atom is -0.375 e. The van der Waals surface area contributed by atoms with Gasteiger partial charge in [0.2, 0.25) is 0 Å². The first-order valence-electron chi connectivity index (χ1n) is 4.72. The minimum atomic E-state index is -0.312. The van der Waals surface area contributed by atoms with E-state index in [0.29, 0.717) is 5.02 Å². The van der Waals surface area contributed by atoms with E-state index in [9.17, 15) is 4.79 Å². The normalized spacial score (nSPS) is 9.53. The summed E-state index contributed by atoms with van der Waals surface area (Å²) in [6, 6.07) is 7.01. The number of rotatable bonds is 3. The number of carbonyl (C=O) groups is 1. The Morgan fingerprint density at radius 1 is 1.35 bits per heavy atom. The third-order valence-corrected chi connectivity index (χ3v) is 2.15. The number of methoxy groups -OCH3 is 1. The van der Waals surface area contributed by atoms with E-state index in [1.807, 2.05) is 0 Å². The van der Waals surface area contributed by atoms with Crippen molar-refractivity contribution in [3.05, 3.63) is 29.3 Å². The van der Waals surface area contributed by atoms with Crippen molar-refractivity contribution in [3.8, 4) is 0 Å². The second kappa shape index (κ2) is 7.05. The maximum absolute atomic E-state index is 11.0. The second-order valence-electron chi connectivity index (χ2n) is 3.07. The standard InChI is InChI=1S/C10H12ClN3O2S/c1-16-6-9(15)13-14-10(17)12-8-4-2-7(11)3-5-8/h2-5H,6H2,1H3,(H,13,15)(H2,12,14,17). The summed E-state index contributed by atoms with van der Waals surface area (Å²) in [5.74, 6) is -0.312. The van der Waals surface area contributed by atoms with Gasteiger partial charge in [0.25, 0.3) is 5.91 Å². The SMILES string of the molecule is COCC(=O)NNC(=S)Nc1ccc(Cl)cc1. The molecule has 0 radical (unpaired) electrons. The van der Waals surface area contributed by atoms with Gasteiger partial charge < -0.3 is 10.1 Å². The molecule has 0 unspecified atom stereocenters. The lowest BCUT2D eigenvalue weighted by molar-refractivity contribution is -0.125. The number of anilines is 1. The number of benzene rings is 1. The van der Waals surface area contributed by atoms with Crippen molar-refractivity contribution >= 4 is 40.5 Å². The number of thiocarbonyl (C=S) groups is 1. The summed E-state index contributed by atoms with van der Waals surface area (Å²) < 4.78 is 4.64. The van der Waals surface area contributed by atoms with Gasteiger partial charge in [0.1, 0.15) is 6.61 Å². The van der Waals surface area contributed by atoms with Crippen molar-refractivity contribution in [2.45, 2.75) is 0 Å². The van der Waals surface area contributed by atoms with Gasteiger partial charge in [0.05, 0.1) is 0 Å². The van der Waals surface area contributed by atoms with Crippen LogP contribution >= 0.6 is 23.8 Å². The molecule has 0 bridgehead atoms. The Kier molecular flexibility index (Phi) is 5.68. The fourth-order valence-corrected chi connectivity index (χ4v) is 1.28. The number of amides is 1. The predicted molar refractivity (Wildman–Crippen MR) is 70.8 cm³/mol. The van der Waals surface area contributed by atoms with E-state index in [2.05, 4.69) is 20.9 Å². The molecule has 7 heteroatoms. The van der Waals surface area contributed by atoms with Crippen molar-refractivity contribution in [1.29, 1.82) is 0 Å². The van der Waals surface area contributed by atoms with Crippen LogP contribution in [0.4, 0.5) is 5.69 Å².